The van der Waals surface area contributed by atoms with Crippen molar-refractivity contribution in [3.63, 3.8) is 0 Å². The Morgan fingerprint density at radius 1 is 1.37 bits per heavy atom. The number of rotatable bonds is 8. The maximum atomic E-state index is 12.8. The van der Waals surface area contributed by atoms with Gasteiger partial charge >= 0.3 is 13.3 Å². The molecule has 172 valence electrons. The van der Waals surface area contributed by atoms with E-state index in [1.165, 1.54) is 10.8 Å². The number of aryl methyl sites for hydroxylation is 1. The molecule has 0 amide bonds. The van der Waals surface area contributed by atoms with Gasteiger partial charge in [0.25, 0.3) is 5.56 Å². The quantitative estimate of drug-likeness (QED) is 0.438. The number of aliphatic hydroxyl groups excluding tert-OH is 1. The second kappa shape index (κ2) is 8.68. The standard InChI is InChI=1S/C19H33N2O8P/c1-7-19(25,8-2)30(26,27)29-18(5,6)12(4)15-13(22)9-14(28-15)21-10-11(3)16(23)20-17(21)24/h10,12-15,22,25H,7-9H2,1-6H3,(H,26,27)(H,20,23,24). The molecule has 0 spiro atoms. The molecule has 1 aliphatic rings. The molecule has 2 heterocycles. The Bertz CT molecular complexity index is 920. The summed E-state index contributed by atoms with van der Waals surface area (Å²) in [5, 5.41) is 19.2. The molecule has 0 aromatic carbocycles. The van der Waals surface area contributed by atoms with Gasteiger partial charge in [0, 0.05) is 24.1 Å². The molecule has 0 bridgehead atoms. The first kappa shape index (κ1) is 25.0. The zero-order valence-electron chi connectivity index (χ0n) is 18.3. The van der Waals surface area contributed by atoms with E-state index in [1.54, 1.807) is 41.5 Å². The van der Waals surface area contributed by atoms with E-state index in [-0.39, 0.29) is 19.3 Å². The van der Waals surface area contributed by atoms with Gasteiger partial charge < -0.3 is 24.4 Å². The van der Waals surface area contributed by atoms with Crippen LogP contribution in [0.2, 0.25) is 0 Å². The number of hydrogen-bond donors (Lipinski definition) is 4. The van der Waals surface area contributed by atoms with Crippen LogP contribution in [0.4, 0.5) is 0 Å². The largest absolute Gasteiger partial charge is 0.390 e. The zero-order valence-corrected chi connectivity index (χ0v) is 19.2. The Morgan fingerprint density at radius 3 is 2.47 bits per heavy atom. The van der Waals surface area contributed by atoms with Gasteiger partial charge in [0.05, 0.1) is 17.8 Å². The number of ether oxygens (including phenoxy) is 1. The van der Waals surface area contributed by atoms with E-state index in [9.17, 15) is 29.3 Å². The second-order valence-corrected chi connectivity index (χ2v) is 10.6. The normalized spacial score (nSPS) is 25.8. The number of nitrogens with one attached hydrogen (secondary N) is 1. The summed E-state index contributed by atoms with van der Waals surface area (Å²) in [4.78, 5) is 36.4. The molecule has 1 saturated heterocycles. The molecule has 4 N–H and O–H groups in total. The highest BCUT2D eigenvalue weighted by Gasteiger charge is 2.51. The number of H-pyrrole nitrogens is 1. The van der Waals surface area contributed by atoms with Gasteiger partial charge in [0.15, 0.2) is 5.34 Å². The van der Waals surface area contributed by atoms with Gasteiger partial charge in [0.1, 0.15) is 6.23 Å². The van der Waals surface area contributed by atoms with Crippen LogP contribution in [-0.2, 0) is 13.8 Å². The molecule has 5 unspecified atom stereocenters. The molecule has 1 aliphatic heterocycles. The van der Waals surface area contributed by atoms with Crippen molar-refractivity contribution in [2.24, 2.45) is 5.92 Å². The van der Waals surface area contributed by atoms with Crippen LogP contribution in [0.15, 0.2) is 15.8 Å². The summed E-state index contributed by atoms with van der Waals surface area (Å²) in [7, 11) is -4.42. The van der Waals surface area contributed by atoms with Crippen molar-refractivity contribution in [3.8, 4) is 0 Å². The lowest BCUT2D eigenvalue weighted by Gasteiger charge is -2.40. The number of aromatic amines is 1. The average Bonchev–Trinajstić information content (AvgIpc) is 3.03. The van der Waals surface area contributed by atoms with Crippen molar-refractivity contribution < 1.29 is 28.9 Å². The van der Waals surface area contributed by atoms with Crippen LogP contribution >= 0.6 is 7.60 Å². The third-order valence-corrected chi connectivity index (χ3v) is 8.60. The first-order valence-corrected chi connectivity index (χ1v) is 11.7. The van der Waals surface area contributed by atoms with Crippen molar-refractivity contribution in [2.45, 2.75) is 90.2 Å². The Morgan fingerprint density at radius 2 is 1.93 bits per heavy atom. The van der Waals surface area contributed by atoms with Crippen molar-refractivity contribution in [2.75, 3.05) is 0 Å². The van der Waals surface area contributed by atoms with Crippen molar-refractivity contribution >= 4 is 7.60 Å². The van der Waals surface area contributed by atoms with Crippen LogP contribution in [0.1, 0.15) is 65.7 Å². The maximum Gasteiger partial charge on any atom is 0.359 e. The Hall–Kier alpha value is -1.29. The van der Waals surface area contributed by atoms with Gasteiger partial charge in [-0.05, 0) is 33.6 Å². The average molecular weight is 448 g/mol. The van der Waals surface area contributed by atoms with E-state index in [0.717, 1.165) is 0 Å². The van der Waals surface area contributed by atoms with E-state index in [0.29, 0.717) is 5.56 Å². The summed E-state index contributed by atoms with van der Waals surface area (Å²) in [5.41, 5.74) is -2.06. The predicted octanol–water partition coefficient (Wildman–Crippen LogP) is 1.62. The predicted molar refractivity (Wildman–Crippen MR) is 110 cm³/mol. The SMILES string of the molecule is CCC(O)(CC)P(=O)(O)OC(C)(C)C(C)C1OC(n2cc(C)c(=O)[nH]c2=O)CC1O. The molecule has 0 radical (unpaired) electrons. The Kier molecular flexibility index (Phi) is 7.23. The molecule has 0 saturated carbocycles. The first-order valence-electron chi connectivity index (χ1n) is 10.1. The maximum absolute atomic E-state index is 12.8. The molecule has 1 aromatic rings. The molecule has 2 rings (SSSR count). The molecule has 5 atom stereocenters. The molecule has 1 fully saturated rings. The monoisotopic (exact) mass is 448 g/mol. The molecule has 11 heteroatoms. The Balaban J connectivity index is 2.25. The fourth-order valence-corrected chi connectivity index (χ4v) is 5.40. The van der Waals surface area contributed by atoms with E-state index in [1.807, 2.05) is 0 Å². The van der Waals surface area contributed by atoms with E-state index in [4.69, 9.17) is 9.26 Å². The van der Waals surface area contributed by atoms with Crippen molar-refractivity contribution in [1.29, 1.82) is 0 Å². The third kappa shape index (κ3) is 4.64. The minimum absolute atomic E-state index is 0.0425. The molecule has 30 heavy (non-hydrogen) atoms. The number of hydrogen-bond acceptors (Lipinski definition) is 7. The summed E-state index contributed by atoms with van der Waals surface area (Å²) in [6.45, 7) is 9.64. The highest BCUT2D eigenvalue weighted by Crippen LogP contribution is 2.60. The summed E-state index contributed by atoms with van der Waals surface area (Å²) < 4.78 is 25.5. The summed E-state index contributed by atoms with van der Waals surface area (Å²) in [6, 6.07) is 0. The van der Waals surface area contributed by atoms with Gasteiger partial charge in [-0.25, -0.2) is 4.79 Å². The van der Waals surface area contributed by atoms with Crippen LogP contribution < -0.4 is 11.2 Å². The molecular formula is C19H33N2O8P. The summed E-state index contributed by atoms with van der Waals surface area (Å²) in [6.07, 6.45) is -1.03. The topological polar surface area (TPSA) is 151 Å². The number of aliphatic hydroxyl groups is 2. The summed E-state index contributed by atoms with van der Waals surface area (Å²) >= 11 is 0. The van der Waals surface area contributed by atoms with Gasteiger partial charge in [-0.3, -0.25) is 18.9 Å². The molecule has 10 nitrogen and oxygen atoms in total. The van der Waals surface area contributed by atoms with Crippen molar-refractivity contribution in [1.82, 2.24) is 9.55 Å². The Labute approximate surface area is 175 Å². The van der Waals surface area contributed by atoms with Gasteiger partial charge in [-0.1, -0.05) is 20.8 Å². The third-order valence-electron chi connectivity index (χ3n) is 6.20. The highest BCUT2D eigenvalue weighted by atomic mass is 31.2. The lowest BCUT2D eigenvalue weighted by Crippen LogP contribution is -2.45. The highest BCUT2D eigenvalue weighted by molar-refractivity contribution is 7.54. The fraction of sp³-hybridized carbons (Fsp3) is 0.789. The van der Waals surface area contributed by atoms with Crippen molar-refractivity contribution in [3.05, 3.63) is 32.6 Å². The first-order chi connectivity index (χ1) is 13.7. The van der Waals surface area contributed by atoms with E-state index >= 15 is 0 Å². The van der Waals surface area contributed by atoms with Crippen LogP contribution in [0, 0.1) is 12.8 Å². The molecule has 0 aliphatic carbocycles. The summed E-state index contributed by atoms with van der Waals surface area (Å²) in [5.74, 6) is -0.574. The lowest BCUT2D eigenvalue weighted by molar-refractivity contribution is -0.0998. The van der Waals surface area contributed by atoms with Crippen LogP contribution in [0.3, 0.4) is 0 Å². The fourth-order valence-electron chi connectivity index (χ4n) is 3.63. The van der Waals surface area contributed by atoms with Gasteiger partial charge in [0.2, 0.25) is 0 Å². The second-order valence-electron chi connectivity index (χ2n) is 8.53. The molecule has 1 aromatic heterocycles. The lowest BCUT2D eigenvalue weighted by atomic mass is 9.85. The zero-order chi connectivity index (χ0) is 23.1. The minimum Gasteiger partial charge on any atom is -0.390 e. The van der Waals surface area contributed by atoms with Crippen LogP contribution in [-0.4, -0.2) is 47.8 Å². The smallest absolute Gasteiger partial charge is 0.359 e. The van der Waals surface area contributed by atoms with Crippen LogP contribution in [0.5, 0.6) is 0 Å². The van der Waals surface area contributed by atoms with Gasteiger partial charge in [-0.15, -0.1) is 0 Å². The van der Waals surface area contributed by atoms with Gasteiger partial charge in [-0.2, -0.15) is 0 Å². The number of nitrogens with zero attached hydrogens (tertiary/aromatic N) is 1. The molecular weight excluding hydrogens is 415 g/mol. The van der Waals surface area contributed by atoms with Crippen LogP contribution in [0.25, 0.3) is 0 Å². The number of aromatic nitrogens is 2. The van der Waals surface area contributed by atoms with E-state index < -0.39 is 54.1 Å². The minimum atomic E-state index is -4.42. The van der Waals surface area contributed by atoms with E-state index in [2.05, 4.69) is 4.98 Å².